The first-order valence-corrected chi connectivity index (χ1v) is 6.42. The number of hydrogen-bond donors (Lipinski definition) is 1. The Bertz CT molecular complexity index is 704. The Morgan fingerprint density at radius 2 is 2.09 bits per heavy atom. The van der Waals surface area contributed by atoms with E-state index >= 15 is 0 Å². The van der Waals surface area contributed by atoms with Crippen LogP contribution in [-0.4, -0.2) is 29.4 Å². The highest BCUT2D eigenvalue weighted by molar-refractivity contribution is 5.84. The number of rotatable bonds is 6. The van der Waals surface area contributed by atoms with E-state index in [0.29, 0.717) is 0 Å². The average molecular weight is 304 g/mol. The molecule has 114 valence electrons. The smallest absolute Gasteiger partial charge is 0.270 e. The van der Waals surface area contributed by atoms with Crippen LogP contribution in [0.15, 0.2) is 47.5 Å². The normalized spacial score (nSPS) is 10.8. The molecule has 0 aliphatic heterocycles. The fourth-order valence-corrected chi connectivity index (χ4v) is 1.69. The van der Waals surface area contributed by atoms with E-state index < -0.39 is 10.7 Å². The molecule has 0 unspecified atom stereocenters. The van der Waals surface area contributed by atoms with Gasteiger partial charge < -0.3 is 9.84 Å². The molecule has 2 rings (SSSR count). The fraction of sp³-hybridized carbons (Fsp3) is 0.133. The lowest BCUT2D eigenvalue weighted by Crippen LogP contribution is -2.02. The summed E-state index contributed by atoms with van der Waals surface area (Å²) in [5, 5.41) is 20.2. The summed E-state index contributed by atoms with van der Waals surface area (Å²) in [6, 6.07) is 9.67. The molecule has 0 spiro atoms. The molecule has 0 amide bonds. The summed E-state index contributed by atoms with van der Waals surface area (Å²) < 4.78 is 18.5. The molecule has 7 heteroatoms. The molecule has 0 atom stereocenters. The SMILES string of the molecule is O=[N+]([O-])c1ccc(O)c(C=NCCOc2ccccc2F)c1. The lowest BCUT2D eigenvalue weighted by molar-refractivity contribution is -0.384. The molecule has 6 nitrogen and oxygen atoms in total. The van der Waals surface area contributed by atoms with Gasteiger partial charge in [0, 0.05) is 23.9 Å². The summed E-state index contributed by atoms with van der Waals surface area (Å²) in [4.78, 5) is 14.1. The molecule has 0 aliphatic rings. The van der Waals surface area contributed by atoms with Crippen LogP contribution in [0.25, 0.3) is 0 Å². The Labute approximate surface area is 125 Å². The van der Waals surface area contributed by atoms with Gasteiger partial charge in [-0.2, -0.15) is 0 Å². The quantitative estimate of drug-likeness (QED) is 0.385. The molecule has 0 aromatic heterocycles. The minimum absolute atomic E-state index is 0.107. The Balaban J connectivity index is 1.92. The van der Waals surface area contributed by atoms with Gasteiger partial charge in [0.2, 0.25) is 0 Å². The summed E-state index contributed by atoms with van der Waals surface area (Å²) in [7, 11) is 0. The number of para-hydroxylation sites is 1. The zero-order valence-corrected chi connectivity index (χ0v) is 11.5. The third-order valence-corrected chi connectivity index (χ3v) is 2.77. The van der Waals surface area contributed by atoms with Crippen molar-refractivity contribution in [2.45, 2.75) is 0 Å². The van der Waals surface area contributed by atoms with Gasteiger partial charge in [0.1, 0.15) is 12.4 Å². The summed E-state index contributed by atoms with van der Waals surface area (Å²) in [5.41, 5.74) is 0.0990. The Kier molecular flexibility index (Phi) is 5.02. The van der Waals surface area contributed by atoms with Crippen LogP contribution >= 0.6 is 0 Å². The highest BCUT2D eigenvalue weighted by atomic mass is 19.1. The highest BCUT2D eigenvalue weighted by Gasteiger charge is 2.08. The summed E-state index contributed by atoms with van der Waals surface area (Å²) >= 11 is 0. The van der Waals surface area contributed by atoms with E-state index in [9.17, 15) is 19.6 Å². The van der Waals surface area contributed by atoms with Gasteiger partial charge in [0.15, 0.2) is 11.6 Å². The molecule has 0 heterocycles. The number of benzene rings is 2. The zero-order valence-electron chi connectivity index (χ0n) is 11.5. The number of nitro groups is 1. The molecule has 0 radical (unpaired) electrons. The number of hydrogen-bond acceptors (Lipinski definition) is 5. The van der Waals surface area contributed by atoms with E-state index in [-0.39, 0.29) is 35.9 Å². The van der Waals surface area contributed by atoms with Gasteiger partial charge in [-0.25, -0.2) is 4.39 Å². The van der Waals surface area contributed by atoms with Crippen molar-refractivity contribution in [1.82, 2.24) is 0 Å². The van der Waals surface area contributed by atoms with E-state index in [2.05, 4.69) is 4.99 Å². The van der Waals surface area contributed by atoms with Crippen LogP contribution in [0.3, 0.4) is 0 Å². The van der Waals surface area contributed by atoms with E-state index in [1.165, 1.54) is 36.5 Å². The van der Waals surface area contributed by atoms with Crippen molar-refractivity contribution in [3.63, 3.8) is 0 Å². The largest absolute Gasteiger partial charge is 0.507 e. The number of aromatic hydroxyl groups is 1. The van der Waals surface area contributed by atoms with Gasteiger partial charge in [0.05, 0.1) is 11.5 Å². The molecule has 0 aliphatic carbocycles. The molecule has 0 saturated carbocycles. The van der Waals surface area contributed by atoms with Crippen LogP contribution in [0.5, 0.6) is 11.5 Å². The Hall–Kier alpha value is -2.96. The van der Waals surface area contributed by atoms with Gasteiger partial charge in [-0.3, -0.25) is 15.1 Å². The molecule has 0 saturated heterocycles. The van der Waals surface area contributed by atoms with Gasteiger partial charge in [0.25, 0.3) is 5.69 Å². The lowest BCUT2D eigenvalue weighted by atomic mass is 10.2. The number of halogens is 1. The van der Waals surface area contributed by atoms with E-state index in [1.807, 2.05) is 0 Å². The van der Waals surface area contributed by atoms with Crippen LogP contribution in [0.2, 0.25) is 0 Å². The Morgan fingerprint density at radius 3 is 2.82 bits per heavy atom. The van der Waals surface area contributed by atoms with Crippen LogP contribution in [-0.2, 0) is 0 Å². The van der Waals surface area contributed by atoms with Crippen LogP contribution in [0.4, 0.5) is 10.1 Å². The van der Waals surface area contributed by atoms with Gasteiger partial charge >= 0.3 is 0 Å². The predicted octanol–water partition coefficient (Wildman–Crippen LogP) is 2.94. The second kappa shape index (κ2) is 7.16. The number of ether oxygens (including phenoxy) is 1. The lowest BCUT2D eigenvalue weighted by Gasteiger charge is -2.04. The summed E-state index contributed by atoms with van der Waals surface area (Å²) in [6.45, 7) is 0.365. The molecule has 2 aromatic rings. The minimum Gasteiger partial charge on any atom is -0.507 e. The second-order valence-electron chi connectivity index (χ2n) is 4.31. The van der Waals surface area contributed by atoms with Crippen molar-refractivity contribution in [2.75, 3.05) is 13.2 Å². The van der Waals surface area contributed by atoms with Crippen molar-refractivity contribution in [3.05, 3.63) is 64.0 Å². The van der Waals surface area contributed by atoms with Crippen molar-refractivity contribution in [2.24, 2.45) is 4.99 Å². The van der Waals surface area contributed by atoms with E-state index in [4.69, 9.17) is 4.74 Å². The monoisotopic (exact) mass is 304 g/mol. The first kappa shape index (κ1) is 15.4. The van der Waals surface area contributed by atoms with Gasteiger partial charge in [-0.05, 0) is 18.2 Å². The topological polar surface area (TPSA) is 85.0 Å². The predicted molar refractivity (Wildman–Crippen MR) is 79.1 cm³/mol. The summed E-state index contributed by atoms with van der Waals surface area (Å²) in [6.07, 6.45) is 1.31. The molecule has 1 N–H and O–H groups in total. The maximum atomic E-state index is 13.3. The minimum atomic E-state index is -0.557. The zero-order chi connectivity index (χ0) is 15.9. The van der Waals surface area contributed by atoms with Crippen molar-refractivity contribution in [1.29, 1.82) is 0 Å². The van der Waals surface area contributed by atoms with Crippen molar-refractivity contribution >= 4 is 11.9 Å². The maximum absolute atomic E-state index is 13.3. The number of nitro benzene ring substituents is 1. The average Bonchev–Trinajstić information content (AvgIpc) is 2.50. The standard InChI is InChI=1S/C15H13FN2O4/c16-13-3-1-2-4-15(13)22-8-7-17-10-11-9-12(18(20)21)5-6-14(11)19/h1-6,9-10,19H,7-8H2. The van der Waals surface area contributed by atoms with E-state index in [0.717, 1.165) is 0 Å². The summed E-state index contributed by atoms with van der Waals surface area (Å²) in [5.74, 6) is -0.428. The van der Waals surface area contributed by atoms with Crippen molar-refractivity contribution < 1.29 is 19.2 Å². The van der Waals surface area contributed by atoms with Gasteiger partial charge in [-0.15, -0.1) is 0 Å². The molecular weight excluding hydrogens is 291 g/mol. The maximum Gasteiger partial charge on any atom is 0.270 e. The van der Waals surface area contributed by atoms with Crippen LogP contribution < -0.4 is 4.74 Å². The second-order valence-corrected chi connectivity index (χ2v) is 4.31. The van der Waals surface area contributed by atoms with Crippen molar-refractivity contribution in [3.8, 4) is 11.5 Å². The Morgan fingerprint density at radius 1 is 1.32 bits per heavy atom. The first-order valence-electron chi connectivity index (χ1n) is 6.42. The fourth-order valence-electron chi connectivity index (χ4n) is 1.69. The molecular formula is C15H13FN2O4. The number of aliphatic imine (C=N–C) groups is 1. The van der Waals surface area contributed by atoms with Gasteiger partial charge in [-0.1, -0.05) is 12.1 Å². The molecule has 22 heavy (non-hydrogen) atoms. The number of nitrogens with zero attached hydrogens (tertiary/aromatic N) is 2. The van der Waals surface area contributed by atoms with Crippen LogP contribution in [0.1, 0.15) is 5.56 Å². The highest BCUT2D eigenvalue weighted by Crippen LogP contribution is 2.21. The molecule has 0 fully saturated rings. The number of phenols is 1. The third kappa shape index (κ3) is 4.02. The number of non-ortho nitro benzene ring substituents is 1. The van der Waals surface area contributed by atoms with E-state index in [1.54, 1.807) is 12.1 Å². The number of phenolic OH excluding ortho intramolecular Hbond substituents is 1. The third-order valence-electron chi connectivity index (χ3n) is 2.77. The first-order chi connectivity index (χ1) is 10.6. The molecule has 0 bridgehead atoms. The van der Waals surface area contributed by atoms with Crippen LogP contribution in [0, 0.1) is 15.9 Å². The molecule has 2 aromatic carbocycles.